The predicted octanol–water partition coefficient (Wildman–Crippen LogP) is 4.21. The van der Waals surface area contributed by atoms with E-state index < -0.39 is 5.76 Å². The summed E-state index contributed by atoms with van der Waals surface area (Å²) in [7, 11) is 0. The van der Waals surface area contributed by atoms with E-state index in [0.717, 1.165) is 22.4 Å². The van der Waals surface area contributed by atoms with Gasteiger partial charge >= 0.3 is 5.76 Å². The Hall–Kier alpha value is -4.39. The van der Waals surface area contributed by atoms with Crippen LogP contribution in [-0.4, -0.2) is 20.3 Å². The number of rotatable bonds is 8. The highest BCUT2D eigenvalue weighted by Gasteiger charge is 2.14. The van der Waals surface area contributed by atoms with Gasteiger partial charge in [-0.3, -0.25) is 14.0 Å². The third kappa shape index (κ3) is 4.68. The predicted molar refractivity (Wildman–Crippen MR) is 130 cm³/mol. The number of nitrogens with zero attached hydrogens (tertiary/aromatic N) is 3. The fourth-order valence-corrected chi connectivity index (χ4v) is 4.00. The summed E-state index contributed by atoms with van der Waals surface area (Å²) in [6.45, 7) is 1.24. The summed E-state index contributed by atoms with van der Waals surface area (Å²) in [6, 6.07) is 27.3. The standard InChI is InChI=1S/C27H24N4O3/c32-25(15-16-31-23-13-7-8-14-24(23)34-27(31)33)28-17-22-19-30(18-20-9-3-1-4-10-20)29-26(22)21-11-5-2-6-12-21/h1-14,19H,15-18H2,(H,28,32). The summed E-state index contributed by atoms with van der Waals surface area (Å²) >= 11 is 0. The van der Waals surface area contributed by atoms with Gasteiger partial charge in [-0.05, 0) is 17.7 Å². The van der Waals surface area contributed by atoms with E-state index in [9.17, 15) is 9.59 Å². The Morgan fingerprint density at radius 3 is 2.41 bits per heavy atom. The highest BCUT2D eigenvalue weighted by Crippen LogP contribution is 2.22. The molecule has 3 aromatic carbocycles. The number of carbonyl (C=O) groups is 1. The Bertz CT molecular complexity index is 1470. The topological polar surface area (TPSA) is 82.1 Å². The zero-order valence-electron chi connectivity index (χ0n) is 18.6. The van der Waals surface area contributed by atoms with E-state index >= 15 is 0 Å². The first-order chi connectivity index (χ1) is 16.7. The van der Waals surface area contributed by atoms with Crippen molar-refractivity contribution in [3.8, 4) is 11.3 Å². The van der Waals surface area contributed by atoms with E-state index in [1.807, 2.05) is 77.6 Å². The zero-order chi connectivity index (χ0) is 23.3. The summed E-state index contributed by atoms with van der Waals surface area (Å²) in [4.78, 5) is 24.8. The zero-order valence-corrected chi connectivity index (χ0v) is 18.6. The minimum absolute atomic E-state index is 0.146. The number of fused-ring (bicyclic) bond motifs is 1. The van der Waals surface area contributed by atoms with Crippen LogP contribution in [0.2, 0.25) is 0 Å². The molecule has 170 valence electrons. The molecule has 5 rings (SSSR count). The Balaban J connectivity index is 1.29. The number of hydrogen-bond acceptors (Lipinski definition) is 4. The van der Waals surface area contributed by atoms with Gasteiger partial charge in [0.25, 0.3) is 0 Å². The molecule has 0 radical (unpaired) electrons. The normalized spacial score (nSPS) is 11.1. The number of carbonyl (C=O) groups excluding carboxylic acids is 1. The molecule has 0 saturated heterocycles. The Kier molecular flexibility index (Phi) is 6.07. The van der Waals surface area contributed by atoms with Crippen molar-refractivity contribution in [2.75, 3.05) is 0 Å². The molecule has 0 bridgehead atoms. The van der Waals surface area contributed by atoms with Crippen LogP contribution in [0.25, 0.3) is 22.4 Å². The molecule has 1 N–H and O–H groups in total. The van der Waals surface area contributed by atoms with Crippen LogP contribution >= 0.6 is 0 Å². The van der Waals surface area contributed by atoms with Crippen LogP contribution in [0.1, 0.15) is 17.5 Å². The number of para-hydroxylation sites is 2. The lowest BCUT2D eigenvalue weighted by molar-refractivity contribution is -0.121. The van der Waals surface area contributed by atoms with Gasteiger partial charge < -0.3 is 9.73 Å². The van der Waals surface area contributed by atoms with E-state index in [0.29, 0.717) is 24.2 Å². The molecule has 7 nitrogen and oxygen atoms in total. The largest absolute Gasteiger partial charge is 0.419 e. The number of aromatic nitrogens is 3. The second kappa shape index (κ2) is 9.62. The number of hydrogen-bond donors (Lipinski definition) is 1. The van der Waals surface area contributed by atoms with Crippen molar-refractivity contribution >= 4 is 17.0 Å². The van der Waals surface area contributed by atoms with Crippen LogP contribution in [0.3, 0.4) is 0 Å². The molecule has 0 aliphatic carbocycles. The van der Waals surface area contributed by atoms with Crippen LogP contribution < -0.4 is 11.1 Å². The van der Waals surface area contributed by atoms with Crippen molar-refractivity contribution in [3.63, 3.8) is 0 Å². The van der Waals surface area contributed by atoms with Gasteiger partial charge in [-0.1, -0.05) is 72.8 Å². The minimum atomic E-state index is -0.456. The lowest BCUT2D eigenvalue weighted by Crippen LogP contribution is -2.25. The summed E-state index contributed by atoms with van der Waals surface area (Å²) < 4.78 is 8.63. The van der Waals surface area contributed by atoms with Crippen molar-refractivity contribution in [1.29, 1.82) is 0 Å². The molecule has 0 aliphatic rings. The van der Waals surface area contributed by atoms with Crippen molar-refractivity contribution in [2.45, 2.75) is 26.1 Å². The first-order valence-electron chi connectivity index (χ1n) is 11.2. The van der Waals surface area contributed by atoms with Crippen LogP contribution in [-0.2, 0) is 24.4 Å². The molecule has 0 atom stereocenters. The van der Waals surface area contributed by atoms with Crippen LogP contribution in [0, 0.1) is 0 Å². The average Bonchev–Trinajstić information content (AvgIpc) is 3.42. The molecule has 5 aromatic rings. The van der Waals surface area contributed by atoms with E-state index in [1.165, 1.54) is 4.57 Å². The molecule has 0 aliphatic heterocycles. The molecule has 1 amide bonds. The molecule has 0 saturated carbocycles. The molecule has 0 spiro atoms. The van der Waals surface area contributed by atoms with E-state index in [1.54, 1.807) is 6.07 Å². The smallest absolute Gasteiger partial charge is 0.408 e. The van der Waals surface area contributed by atoms with Gasteiger partial charge in [-0.25, -0.2) is 4.79 Å². The van der Waals surface area contributed by atoms with Crippen LogP contribution in [0.5, 0.6) is 0 Å². The fraction of sp³-hybridized carbons (Fsp3) is 0.148. The quantitative estimate of drug-likeness (QED) is 0.382. The Labute approximate surface area is 196 Å². The molecule has 2 heterocycles. The maximum Gasteiger partial charge on any atom is 0.419 e. The number of oxazole rings is 1. The molecular formula is C27H24N4O3. The average molecular weight is 453 g/mol. The Morgan fingerprint density at radius 2 is 1.62 bits per heavy atom. The lowest BCUT2D eigenvalue weighted by atomic mass is 10.1. The lowest BCUT2D eigenvalue weighted by Gasteiger charge is -2.06. The SMILES string of the molecule is O=C(CCn1c(=O)oc2ccccc21)NCc1cn(Cc2ccccc2)nc1-c1ccccc1. The number of benzene rings is 3. The number of nitrogens with one attached hydrogen (secondary N) is 1. The van der Waals surface area contributed by atoms with E-state index in [2.05, 4.69) is 17.4 Å². The number of aryl methyl sites for hydroxylation is 1. The molecule has 34 heavy (non-hydrogen) atoms. The first kappa shape index (κ1) is 21.5. The van der Waals surface area contributed by atoms with Gasteiger partial charge in [-0.15, -0.1) is 0 Å². The highest BCUT2D eigenvalue weighted by atomic mass is 16.4. The molecular weight excluding hydrogens is 428 g/mol. The minimum Gasteiger partial charge on any atom is -0.408 e. The van der Waals surface area contributed by atoms with Crippen molar-refractivity contribution in [2.24, 2.45) is 0 Å². The van der Waals surface area contributed by atoms with Gasteiger partial charge in [0.1, 0.15) is 0 Å². The van der Waals surface area contributed by atoms with Crippen LogP contribution in [0.4, 0.5) is 0 Å². The summed E-state index contributed by atoms with van der Waals surface area (Å²) in [6.07, 6.45) is 2.14. The summed E-state index contributed by atoms with van der Waals surface area (Å²) in [5.41, 5.74) is 5.13. The molecule has 0 unspecified atom stereocenters. The van der Waals surface area contributed by atoms with Gasteiger partial charge in [0, 0.05) is 36.8 Å². The second-order valence-electron chi connectivity index (χ2n) is 8.07. The molecule has 7 heteroatoms. The van der Waals surface area contributed by atoms with Crippen molar-refractivity contribution < 1.29 is 9.21 Å². The molecule has 0 fully saturated rings. The monoisotopic (exact) mass is 452 g/mol. The Morgan fingerprint density at radius 1 is 0.912 bits per heavy atom. The number of amides is 1. The molecule has 2 aromatic heterocycles. The van der Waals surface area contributed by atoms with Gasteiger partial charge in [-0.2, -0.15) is 5.10 Å². The second-order valence-corrected chi connectivity index (χ2v) is 8.07. The maximum absolute atomic E-state index is 12.6. The summed E-state index contributed by atoms with van der Waals surface area (Å²) in [5.74, 6) is -0.602. The summed E-state index contributed by atoms with van der Waals surface area (Å²) in [5, 5.41) is 7.77. The van der Waals surface area contributed by atoms with E-state index in [4.69, 9.17) is 9.52 Å². The fourth-order valence-electron chi connectivity index (χ4n) is 4.00. The third-order valence-corrected chi connectivity index (χ3v) is 5.68. The maximum atomic E-state index is 12.6. The third-order valence-electron chi connectivity index (χ3n) is 5.68. The highest BCUT2D eigenvalue weighted by molar-refractivity contribution is 5.77. The first-order valence-corrected chi connectivity index (χ1v) is 11.2. The van der Waals surface area contributed by atoms with Gasteiger partial charge in [0.05, 0.1) is 17.8 Å². The van der Waals surface area contributed by atoms with Crippen molar-refractivity contribution in [3.05, 3.63) is 113 Å². The van der Waals surface area contributed by atoms with E-state index in [-0.39, 0.29) is 18.9 Å². The van der Waals surface area contributed by atoms with Gasteiger partial charge in [0.15, 0.2) is 5.58 Å². The van der Waals surface area contributed by atoms with Gasteiger partial charge in [0.2, 0.25) is 5.91 Å². The van der Waals surface area contributed by atoms with Crippen molar-refractivity contribution in [1.82, 2.24) is 19.7 Å². The van der Waals surface area contributed by atoms with Crippen LogP contribution in [0.15, 0.2) is 100 Å².